The first kappa shape index (κ1) is 26.4. The maximum atomic E-state index is 10.6. The Morgan fingerprint density at radius 2 is 1.94 bits per heavy atom. The van der Waals surface area contributed by atoms with E-state index in [1.807, 2.05) is 57.4 Å². The second-order valence-electron chi connectivity index (χ2n) is 7.58. The summed E-state index contributed by atoms with van der Waals surface area (Å²) in [6.07, 6.45) is -0.588. The Labute approximate surface area is 211 Å². The van der Waals surface area contributed by atoms with Gasteiger partial charge in [-0.15, -0.1) is 35.3 Å². The van der Waals surface area contributed by atoms with E-state index in [0.29, 0.717) is 25.7 Å². The fourth-order valence-electron chi connectivity index (χ4n) is 3.05. The number of thiophene rings is 1. The molecule has 0 amide bonds. The third-order valence-corrected chi connectivity index (χ3v) is 5.92. The summed E-state index contributed by atoms with van der Waals surface area (Å²) < 4.78 is 7.00. The maximum absolute atomic E-state index is 10.6. The van der Waals surface area contributed by atoms with Gasteiger partial charge in [-0.2, -0.15) is 0 Å². The van der Waals surface area contributed by atoms with E-state index in [1.165, 1.54) is 4.70 Å². The third kappa shape index (κ3) is 8.23. The first-order valence-electron chi connectivity index (χ1n) is 10.6. The quantitative estimate of drug-likeness (QED) is 0.194. The number of rotatable bonds is 10. The lowest BCUT2D eigenvalue weighted by atomic mass is 10.2. The van der Waals surface area contributed by atoms with E-state index < -0.39 is 6.10 Å². The molecule has 1 unspecified atom stereocenters. The standard InChI is InChI=1S/C24H32N4O2S.HI/c1-4-25-24(26-16-18-8-7-10-20(14-18)30-13-12-28(2)3)27-17-21(29)23-15-19-9-5-6-11-22(19)31-23;/h5-11,14-15,21,29H,4,12-13,16-17H2,1-3H3,(H2,25,26,27);1H. The minimum Gasteiger partial charge on any atom is -0.492 e. The van der Waals surface area contributed by atoms with Crippen molar-refractivity contribution in [2.75, 3.05) is 40.3 Å². The van der Waals surface area contributed by atoms with Crippen LogP contribution in [0.3, 0.4) is 0 Å². The first-order valence-corrected chi connectivity index (χ1v) is 11.4. The van der Waals surface area contributed by atoms with E-state index in [0.717, 1.165) is 34.7 Å². The van der Waals surface area contributed by atoms with Crippen molar-refractivity contribution >= 4 is 51.4 Å². The molecule has 3 N–H and O–H groups in total. The number of guanidine groups is 1. The molecule has 32 heavy (non-hydrogen) atoms. The van der Waals surface area contributed by atoms with Crippen LogP contribution in [-0.2, 0) is 6.54 Å². The van der Waals surface area contributed by atoms with Gasteiger partial charge >= 0.3 is 0 Å². The summed E-state index contributed by atoms with van der Waals surface area (Å²) in [7, 11) is 4.06. The normalized spacial score (nSPS) is 12.5. The zero-order valence-electron chi connectivity index (χ0n) is 18.9. The Balaban J connectivity index is 0.00000363. The van der Waals surface area contributed by atoms with Gasteiger partial charge < -0.3 is 25.4 Å². The van der Waals surface area contributed by atoms with Gasteiger partial charge in [-0.3, -0.25) is 0 Å². The summed E-state index contributed by atoms with van der Waals surface area (Å²) in [6, 6.07) is 18.3. The average Bonchev–Trinajstić information content (AvgIpc) is 3.20. The van der Waals surface area contributed by atoms with E-state index in [2.05, 4.69) is 38.7 Å². The van der Waals surface area contributed by atoms with Crippen molar-refractivity contribution in [2.45, 2.75) is 19.6 Å². The summed E-state index contributed by atoms with van der Waals surface area (Å²) in [5.74, 6) is 1.54. The molecule has 0 spiro atoms. The van der Waals surface area contributed by atoms with Crippen LogP contribution in [0.25, 0.3) is 10.1 Å². The Morgan fingerprint density at radius 3 is 2.69 bits per heavy atom. The summed E-state index contributed by atoms with van der Waals surface area (Å²) in [5, 5.41) is 18.3. The molecule has 1 aromatic heterocycles. The summed E-state index contributed by atoms with van der Waals surface area (Å²) in [4.78, 5) is 7.71. The van der Waals surface area contributed by atoms with Crippen LogP contribution in [0, 0.1) is 0 Å². The molecule has 1 heterocycles. The Hall–Kier alpha value is -1.88. The largest absolute Gasteiger partial charge is 0.492 e. The highest BCUT2D eigenvalue weighted by atomic mass is 127. The van der Waals surface area contributed by atoms with Gasteiger partial charge in [0, 0.05) is 29.2 Å². The lowest BCUT2D eigenvalue weighted by Gasteiger charge is -2.14. The van der Waals surface area contributed by atoms with Crippen LogP contribution in [0.2, 0.25) is 0 Å². The van der Waals surface area contributed by atoms with E-state index in [1.54, 1.807) is 11.3 Å². The molecule has 3 aromatic rings. The van der Waals surface area contributed by atoms with Gasteiger partial charge in [-0.25, -0.2) is 4.99 Å². The average molecular weight is 569 g/mol. The number of aliphatic hydroxyl groups excluding tert-OH is 1. The van der Waals surface area contributed by atoms with Gasteiger partial charge in [0.1, 0.15) is 18.5 Å². The van der Waals surface area contributed by atoms with Crippen molar-refractivity contribution in [3.8, 4) is 5.75 Å². The number of hydrogen-bond acceptors (Lipinski definition) is 5. The van der Waals surface area contributed by atoms with E-state index in [-0.39, 0.29) is 24.0 Å². The minimum atomic E-state index is -0.588. The molecule has 2 aromatic carbocycles. The first-order chi connectivity index (χ1) is 15.0. The number of likely N-dealkylation sites (N-methyl/N-ethyl adjacent to an activating group) is 1. The molecule has 0 saturated heterocycles. The van der Waals surface area contributed by atoms with Gasteiger partial charge in [0.15, 0.2) is 5.96 Å². The number of halogens is 1. The van der Waals surface area contributed by atoms with E-state index >= 15 is 0 Å². The van der Waals surface area contributed by atoms with Gasteiger partial charge in [-0.1, -0.05) is 30.3 Å². The number of nitrogens with one attached hydrogen (secondary N) is 2. The highest BCUT2D eigenvalue weighted by molar-refractivity contribution is 14.0. The van der Waals surface area contributed by atoms with Crippen molar-refractivity contribution in [3.05, 3.63) is 65.0 Å². The van der Waals surface area contributed by atoms with Crippen LogP contribution >= 0.6 is 35.3 Å². The lowest BCUT2D eigenvalue weighted by Crippen LogP contribution is -2.39. The van der Waals surface area contributed by atoms with Gasteiger partial charge in [0.05, 0.1) is 6.54 Å². The molecular weight excluding hydrogens is 535 g/mol. The molecule has 0 saturated carbocycles. The molecular formula is C24H33IN4O2S. The highest BCUT2D eigenvalue weighted by Crippen LogP contribution is 2.29. The Morgan fingerprint density at radius 1 is 1.12 bits per heavy atom. The molecule has 1 atom stereocenters. The second-order valence-corrected chi connectivity index (χ2v) is 8.69. The van der Waals surface area contributed by atoms with E-state index in [9.17, 15) is 5.11 Å². The summed E-state index contributed by atoms with van der Waals surface area (Å²) >= 11 is 1.62. The number of nitrogens with zero attached hydrogens (tertiary/aromatic N) is 2. The zero-order valence-corrected chi connectivity index (χ0v) is 22.0. The predicted molar refractivity (Wildman–Crippen MR) is 146 cm³/mol. The van der Waals surface area contributed by atoms with Crippen LogP contribution < -0.4 is 15.4 Å². The van der Waals surface area contributed by atoms with Crippen molar-refractivity contribution in [1.29, 1.82) is 0 Å². The molecule has 0 aliphatic heterocycles. The van der Waals surface area contributed by atoms with E-state index in [4.69, 9.17) is 4.74 Å². The number of ether oxygens (including phenoxy) is 1. The molecule has 6 nitrogen and oxygen atoms in total. The molecule has 0 aliphatic rings. The summed E-state index contributed by atoms with van der Waals surface area (Å²) in [5.41, 5.74) is 1.07. The number of fused-ring (bicyclic) bond motifs is 1. The van der Waals surface area contributed by atoms with Crippen LogP contribution in [0.4, 0.5) is 0 Å². The minimum absolute atomic E-state index is 0. The predicted octanol–water partition coefficient (Wildman–Crippen LogP) is 4.25. The monoisotopic (exact) mass is 568 g/mol. The molecule has 3 rings (SSSR count). The van der Waals surface area contributed by atoms with Gasteiger partial charge in [0.25, 0.3) is 0 Å². The fraction of sp³-hybridized carbons (Fsp3) is 0.375. The van der Waals surface area contributed by atoms with Crippen LogP contribution in [0.1, 0.15) is 23.5 Å². The van der Waals surface area contributed by atoms with Crippen LogP contribution in [-0.4, -0.2) is 56.3 Å². The number of aliphatic imine (C=N–C) groups is 1. The lowest BCUT2D eigenvalue weighted by molar-refractivity contribution is 0.184. The topological polar surface area (TPSA) is 69.1 Å². The van der Waals surface area contributed by atoms with Crippen molar-refractivity contribution in [3.63, 3.8) is 0 Å². The molecule has 0 bridgehead atoms. The van der Waals surface area contributed by atoms with Crippen LogP contribution in [0.15, 0.2) is 59.6 Å². The van der Waals surface area contributed by atoms with Crippen molar-refractivity contribution < 1.29 is 9.84 Å². The van der Waals surface area contributed by atoms with Gasteiger partial charge in [0.2, 0.25) is 0 Å². The number of aliphatic hydroxyl groups is 1. The van der Waals surface area contributed by atoms with Gasteiger partial charge in [-0.05, 0) is 56.2 Å². The fourth-order valence-corrected chi connectivity index (χ4v) is 4.10. The smallest absolute Gasteiger partial charge is 0.191 e. The Kier molecular flexibility index (Phi) is 11.2. The van der Waals surface area contributed by atoms with Crippen molar-refractivity contribution in [1.82, 2.24) is 15.5 Å². The maximum Gasteiger partial charge on any atom is 0.191 e. The highest BCUT2D eigenvalue weighted by Gasteiger charge is 2.12. The second kappa shape index (κ2) is 13.6. The molecule has 8 heteroatoms. The zero-order chi connectivity index (χ0) is 22.1. The third-order valence-electron chi connectivity index (χ3n) is 4.71. The van der Waals surface area contributed by atoms with Crippen molar-refractivity contribution in [2.24, 2.45) is 4.99 Å². The van der Waals surface area contributed by atoms with Crippen LogP contribution in [0.5, 0.6) is 5.75 Å². The molecule has 0 fully saturated rings. The molecule has 0 radical (unpaired) electrons. The number of benzene rings is 2. The SMILES string of the molecule is CCNC(=NCc1cccc(OCCN(C)C)c1)NCC(O)c1cc2ccccc2s1.I. The number of hydrogen-bond donors (Lipinski definition) is 3. The summed E-state index contributed by atoms with van der Waals surface area (Å²) in [6.45, 7) is 5.22. The Bertz CT molecular complexity index is 960. The molecule has 174 valence electrons. The molecule has 0 aliphatic carbocycles.